The number of halogens is 1. The third-order valence-electron chi connectivity index (χ3n) is 3.26. The summed E-state index contributed by atoms with van der Waals surface area (Å²) in [6, 6.07) is 0. The zero-order valence-electron chi connectivity index (χ0n) is 12.8. The van der Waals surface area contributed by atoms with Crippen molar-refractivity contribution in [3.05, 3.63) is 11.7 Å². The number of hydrogen-bond acceptors (Lipinski definition) is 5. The van der Waals surface area contributed by atoms with Gasteiger partial charge in [0.2, 0.25) is 5.89 Å². The summed E-state index contributed by atoms with van der Waals surface area (Å²) >= 11 is 0. The number of aromatic nitrogens is 2. The number of nitrogens with one attached hydrogen (secondary N) is 1. The summed E-state index contributed by atoms with van der Waals surface area (Å²) in [7, 11) is 1.75. The van der Waals surface area contributed by atoms with Gasteiger partial charge in [-0.25, -0.2) is 4.99 Å². The molecule has 8 heteroatoms. The SMILES string of the molecule is CCNC(=NCc1nc(C)no1)N1CCC(COC)C1.I. The van der Waals surface area contributed by atoms with Gasteiger partial charge in [0.1, 0.15) is 6.54 Å². The lowest BCUT2D eigenvalue weighted by Crippen LogP contribution is -2.40. The van der Waals surface area contributed by atoms with Gasteiger partial charge in [-0.2, -0.15) is 4.98 Å². The van der Waals surface area contributed by atoms with Gasteiger partial charge in [-0.15, -0.1) is 24.0 Å². The van der Waals surface area contributed by atoms with E-state index in [1.54, 1.807) is 14.0 Å². The summed E-state index contributed by atoms with van der Waals surface area (Å²) in [6.45, 7) is 7.90. The van der Waals surface area contributed by atoms with Crippen LogP contribution in [-0.2, 0) is 11.3 Å². The molecule has 0 saturated carbocycles. The first-order chi connectivity index (χ1) is 9.72. The lowest BCUT2D eigenvalue weighted by molar-refractivity contribution is 0.157. The van der Waals surface area contributed by atoms with Crippen LogP contribution in [0.5, 0.6) is 0 Å². The normalized spacial score (nSPS) is 18.7. The number of aliphatic imine (C=N–C) groups is 1. The molecule has 1 fully saturated rings. The fourth-order valence-corrected chi connectivity index (χ4v) is 2.37. The van der Waals surface area contributed by atoms with Gasteiger partial charge >= 0.3 is 0 Å². The number of hydrogen-bond donors (Lipinski definition) is 1. The van der Waals surface area contributed by atoms with E-state index in [1.165, 1.54) is 0 Å². The minimum Gasteiger partial charge on any atom is -0.384 e. The quantitative estimate of drug-likeness (QED) is 0.451. The average Bonchev–Trinajstić information content (AvgIpc) is 3.04. The molecule has 0 aliphatic carbocycles. The Hall–Kier alpha value is -0.900. The van der Waals surface area contributed by atoms with Gasteiger partial charge in [0, 0.05) is 32.7 Å². The maximum absolute atomic E-state index is 5.23. The van der Waals surface area contributed by atoms with Crippen LogP contribution in [0.15, 0.2) is 9.52 Å². The molecule has 120 valence electrons. The Bertz CT molecular complexity index is 452. The Morgan fingerprint density at radius 3 is 3.00 bits per heavy atom. The summed E-state index contributed by atoms with van der Waals surface area (Å²) in [5, 5.41) is 7.08. The van der Waals surface area contributed by atoms with Gasteiger partial charge in [-0.1, -0.05) is 5.16 Å². The number of methoxy groups -OCH3 is 1. The average molecular weight is 409 g/mol. The van der Waals surface area contributed by atoms with Gasteiger partial charge in [-0.3, -0.25) is 0 Å². The first kappa shape index (κ1) is 18.1. The van der Waals surface area contributed by atoms with Crippen LogP contribution in [0.25, 0.3) is 0 Å². The fraction of sp³-hybridized carbons (Fsp3) is 0.769. The molecule has 1 aromatic rings. The molecule has 2 heterocycles. The standard InChI is InChI=1S/C13H23N5O2.HI/c1-4-14-13(15-7-12-16-10(2)17-20-12)18-6-5-11(8-18)9-19-3;/h11H,4-9H2,1-3H3,(H,14,15);1H. The lowest BCUT2D eigenvalue weighted by atomic mass is 10.1. The third kappa shape index (κ3) is 5.42. The van der Waals surface area contributed by atoms with Crippen molar-refractivity contribution in [2.24, 2.45) is 10.9 Å². The Labute approximate surface area is 142 Å². The van der Waals surface area contributed by atoms with E-state index in [1.807, 2.05) is 0 Å². The first-order valence-electron chi connectivity index (χ1n) is 7.04. The van der Waals surface area contributed by atoms with Crippen LogP contribution >= 0.6 is 24.0 Å². The highest BCUT2D eigenvalue weighted by molar-refractivity contribution is 14.0. The van der Waals surface area contributed by atoms with Crippen molar-refractivity contribution in [3.8, 4) is 0 Å². The predicted octanol–water partition coefficient (Wildman–Crippen LogP) is 1.43. The van der Waals surface area contributed by atoms with Crippen molar-refractivity contribution >= 4 is 29.9 Å². The Morgan fingerprint density at radius 2 is 2.38 bits per heavy atom. The summed E-state index contributed by atoms with van der Waals surface area (Å²) in [5.41, 5.74) is 0. The maximum Gasteiger partial charge on any atom is 0.248 e. The molecule has 1 aliphatic rings. The number of aryl methyl sites for hydroxylation is 1. The molecule has 2 rings (SSSR count). The van der Waals surface area contributed by atoms with Crippen LogP contribution < -0.4 is 5.32 Å². The van der Waals surface area contributed by atoms with E-state index >= 15 is 0 Å². The van der Waals surface area contributed by atoms with Gasteiger partial charge in [-0.05, 0) is 20.3 Å². The Balaban J connectivity index is 0.00000220. The van der Waals surface area contributed by atoms with E-state index < -0.39 is 0 Å². The van der Waals surface area contributed by atoms with E-state index in [4.69, 9.17) is 9.26 Å². The second-order valence-electron chi connectivity index (χ2n) is 4.96. The highest BCUT2D eigenvalue weighted by Crippen LogP contribution is 2.16. The van der Waals surface area contributed by atoms with Crippen LogP contribution in [0.3, 0.4) is 0 Å². The van der Waals surface area contributed by atoms with Crippen molar-refractivity contribution in [2.75, 3.05) is 33.4 Å². The molecule has 0 aromatic carbocycles. The molecule has 1 aliphatic heterocycles. The maximum atomic E-state index is 5.23. The predicted molar refractivity (Wildman–Crippen MR) is 90.8 cm³/mol. The second kappa shape index (κ2) is 9.19. The van der Waals surface area contributed by atoms with Crippen LogP contribution in [0.4, 0.5) is 0 Å². The van der Waals surface area contributed by atoms with E-state index in [-0.39, 0.29) is 24.0 Å². The molecule has 1 N–H and O–H groups in total. The van der Waals surface area contributed by atoms with Gasteiger partial charge in [0.25, 0.3) is 0 Å². The van der Waals surface area contributed by atoms with E-state index in [0.717, 1.165) is 38.6 Å². The van der Waals surface area contributed by atoms with E-state index in [0.29, 0.717) is 24.2 Å². The largest absolute Gasteiger partial charge is 0.384 e. The smallest absolute Gasteiger partial charge is 0.248 e. The van der Waals surface area contributed by atoms with Crippen molar-refractivity contribution in [1.82, 2.24) is 20.4 Å². The van der Waals surface area contributed by atoms with Crippen molar-refractivity contribution in [2.45, 2.75) is 26.8 Å². The molecule has 1 atom stereocenters. The minimum atomic E-state index is 0. The highest BCUT2D eigenvalue weighted by atomic mass is 127. The van der Waals surface area contributed by atoms with Crippen LogP contribution in [0.2, 0.25) is 0 Å². The topological polar surface area (TPSA) is 75.8 Å². The molecule has 1 saturated heterocycles. The van der Waals surface area contributed by atoms with Gasteiger partial charge < -0.3 is 19.5 Å². The molecule has 1 aromatic heterocycles. The van der Waals surface area contributed by atoms with Crippen molar-refractivity contribution in [1.29, 1.82) is 0 Å². The molecule has 21 heavy (non-hydrogen) atoms. The number of likely N-dealkylation sites (tertiary alicyclic amines) is 1. The minimum absolute atomic E-state index is 0. The molecule has 0 radical (unpaired) electrons. The summed E-state index contributed by atoms with van der Waals surface area (Å²) in [4.78, 5) is 11.0. The highest BCUT2D eigenvalue weighted by Gasteiger charge is 2.24. The van der Waals surface area contributed by atoms with Crippen LogP contribution in [0, 0.1) is 12.8 Å². The molecule has 7 nitrogen and oxygen atoms in total. The molecule has 0 amide bonds. The van der Waals surface area contributed by atoms with Gasteiger partial charge in [0.05, 0.1) is 6.61 Å². The molecule has 1 unspecified atom stereocenters. The van der Waals surface area contributed by atoms with Crippen molar-refractivity contribution < 1.29 is 9.26 Å². The number of nitrogens with zero attached hydrogens (tertiary/aromatic N) is 4. The summed E-state index contributed by atoms with van der Waals surface area (Å²) < 4.78 is 10.3. The monoisotopic (exact) mass is 409 g/mol. The fourth-order valence-electron chi connectivity index (χ4n) is 2.37. The molecular formula is C13H24IN5O2. The zero-order valence-corrected chi connectivity index (χ0v) is 15.2. The second-order valence-corrected chi connectivity index (χ2v) is 4.96. The van der Waals surface area contributed by atoms with Gasteiger partial charge in [0.15, 0.2) is 11.8 Å². The summed E-state index contributed by atoms with van der Waals surface area (Å²) in [5.74, 6) is 2.67. The number of ether oxygens (including phenoxy) is 1. The Kier molecular flexibility index (Phi) is 7.94. The zero-order chi connectivity index (χ0) is 14.4. The number of rotatable bonds is 5. The summed E-state index contributed by atoms with van der Waals surface area (Å²) in [6.07, 6.45) is 1.14. The van der Waals surface area contributed by atoms with E-state index in [9.17, 15) is 0 Å². The van der Waals surface area contributed by atoms with Crippen LogP contribution in [0.1, 0.15) is 25.1 Å². The molecular weight excluding hydrogens is 385 g/mol. The number of guanidine groups is 1. The van der Waals surface area contributed by atoms with Crippen LogP contribution in [-0.4, -0.2) is 54.4 Å². The van der Waals surface area contributed by atoms with E-state index in [2.05, 4.69) is 32.3 Å². The van der Waals surface area contributed by atoms with Crippen molar-refractivity contribution in [3.63, 3.8) is 0 Å². The Morgan fingerprint density at radius 1 is 1.57 bits per heavy atom. The lowest BCUT2D eigenvalue weighted by Gasteiger charge is -2.21. The third-order valence-corrected chi connectivity index (χ3v) is 3.26. The molecule has 0 bridgehead atoms. The first-order valence-corrected chi connectivity index (χ1v) is 7.04. The molecule has 0 spiro atoms.